The second kappa shape index (κ2) is 7.39. The molecule has 0 N–H and O–H groups in total. The van der Waals surface area contributed by atoms with Crippen LogP contribution in [0.2, 0.25) is 0 Å². The number of hydrogen-bond acceptors (Lipinski definition) is 1. The summed E-state index contributed by atoms with van der Waals surface area (Å²) in [4.78, 5) is 0. The summed E-state index contributed by atoms with van der Waals surface area (Å²) in [5.74, 6) is 1.97. The van der Waals surface area contributed by atoms with Gasteiger partial charge in [-0.05, 0) is 40.6 Å². The molecule has 1 atom stereocenters. The van der Waals surface area contributed by atoms with Crippen LogP contribution in [0.4, 0.5) is 0 Å². The molecule has 1 aliphatic rings. The third kappa shape index (κ3) is 4.18. The monoisotopic (exact) mass is 336 g/mol. The van der Waals surface area contributed by atoms with Crippen LogP contribution in [0.5, 0.6) is 0 Å². The maximum atomic E-state index is 6.62. The van der Waals surface area contributed by atoms with Crippen LogP contribution in [0.15, 0.2) is 72.5 Å². The van der Waals surface area contributed by atoms with Crippen LogP contribution < -0.4 is 10.4 Å². The van der Waals surface area contributed by atoms with Crippen LogP contribution in [0.3, 0.4) is 0 Å². The fourth-order valence-corrected chi connectivity index (χ4v) is 5.76. The van der Waals surface area contributed by atoms with E-state index in [-0.39, 0.29) is 0 Å². The van der Waals surface area contributed by atoms with Gasteiger partial charge in [-0.2, -0.15) is 0 Å². The van der Waals surface area contributed by atoms with Gasteiger partial charge in [-0.3, -0.25) is 0 Å². The summed E-state index contributed by atoms with van der Waals surface area (Å²) < 4.78 is 6.62. The third-order valence-corrected chi connectivity index (χ3v) is 7.59. The van der Waals surface area contributed by atoms with E-state index in [2.05, 4.69) is 87.5 Å². The molecule has 0 radical (unpaired) electrons. The number of hydrogen-bond donors (Lipinski definition) is 0. The third-order valence-electron chi connectivity index (χ3n) is 5.07. The fraction of sp³-hybridized carbons (Fsp3) is 0.364. The summed E-state index contributed by atoms with van der Waals surface area (Å²) in [5, 5.41) is 2.70. The van der Waals surface area contributed by atoms with Crippen molar-refractivity contribution >= 4 is 19.4 Å². The predicted octanol–water partition coefficient (Wildman–Crippen LogP) is 4.27. The van der Waals surface area contributed by atoms with Crippen LogP contribution in [-0.2, 0) is 4.43 Å². The first kappa shape index (κ1) is 17.0. The van der Waals surface area contributed by atoms with Crippen molar-refractivity contribution in [1.29, 1.82) is 0 Å². The number of benzene rings is 2. The fourth-order valence-electron chi connectivity index (χ4n) is 3.44. The van der Waals surface area contributed by atoms with Crippen LogP contribution in [0.1, 0.15) is 40.0 Å². The van der Waals surface area contributed by atoms with Gasteiger partial charge in [0.2, 0.25) is 0 Å². The van der Waals surface area contributed by atoms with Crippen molar-refractivity contribution in [3.05, 3.63) is 72.5 Å². The van der Waals surface area contributed by atoms with Crippen molar-refractivity contribution in [2.45, 2.75) is 40.0 Å². The van der Waals surface area contributed by atoms with Crippen molar-refractivity contribution < 1.29 is 4.43 Å². The highest BCUT2D eigenvalue weighted by Crippen LogP contribution is 2.37. The van der Waals surface area contributed by atoms with Crippen LogP contribution in [0.25, 0.3) is 0 Å². The van der Waals surface area contributed by atoms with E-state index < -0.39 is 9.04 Å². The van der Waals surface area contributed by atoms with Crippen LogP contribution in [0, 0.1) is 11.3 Å². The van der Waals surface area contributed by atoms with Gasteiger partial charge in [0.15, 0.2) is 0 Å². The van der Waals surface area contributed by atoms with E-state index in [4.69, 9.17) is 4.43 Å². The molecule has 2 aromatic rings. The smallest absolute Gasteiger partial charge is 0.298 e. The molecule has 3 rings (SSSR count). The zero-order valence-electron chi connectivity index (χ0n) is 15.0. The molecule has 1 aliphatic carbocycles. The van der Waals surface area contributed by atoms with Crippen molar-refractivity contribution in [2.75, 3.05) is 0 Å². The van der Waals surface area contributed by atoms with Crippen LogP contribution in [-0.4, -0.2) is 9.04 Å². The first-order valence-corrected chi connectivity index (χ1v) is 10.6. The summed E-state index contributed by atoms with van der Waals surface area (Å²) >= 11 is 0. The Labute approximate surface area is 148 Å². The van der Waals surface area contributed by atoms with Gasteiger partial charge in [0.1, 0.15) is 0 Å². The van der Waals surface area contributed by atoms with Gasteiger partial charge in [-0.1, -0.05) is 81.4 Å². The molecule has 0 saturated heterocycles. The second-order valence-corrected chi connectivity index (χ2v) is 10.2. The summed E-state index contributed by atoms with van der Waals surface area (Å²) in [7, 11) is -1.65. The van der Waals surface area contributed by atoms with E-state index in [1.54, 1.807) is 0 Å². The molecular weight excluding hydrogens is 308 g/mol. The molecule has 24 heavy (non-hydrogen) atoms. The molecule has 0 aliphatic heterocycles. The summed E-state index contributed by atoms with van der Waals surface area (Å²) in [5.41, 5.74) is 0.387. The molecule has 126 valence electrons. The molecule has 0 bridgehead atoms. The van der Waals surface area contributed by atoms with Gasteiger partial charge in [0, 0.05) is 6.42 Å². The standard InChI is InChI=1S/C22H28OSi/c1-22(2,3)18-14-16-19(17-15-18)23-24(20-10-6-4-7-11-20)21-12-8-5-9-13-21/h4-13,16,18,24H,14-15,17H2,1-3H3. The van der Waals surface area contributed by atoms with Crippen molar-refractivity contribution in [2.24, 2.45) is 11.3 Å². The van der Waals surface area contributed by atoms with Crippen LogP contribution >= 0.6 is 0 Å². The largest absolute Gasteiger partial charge is 0.541 e. The quantitative estimate of drug-likeness (QED) is 0.758. The first-order chi connectivity index (χ1) is 11.5. The average molecular weight is 337 g/mol. The minimum absolute atomic E-state index is 0.387. The Hall–Kier alpha value is -1.80. The number of rotatable bonds is 4. The molecule has 2 aromatic carbocycles. The Morgan fingerprint density at radius 2 is 1.42 bits per heavy atom. The molecule has 0 aromatic heterocycles. The molecule has 2 heteroatoms. The van der Waals surface area contributed by atoms with E-state index in [0.29, 0.717) is 5.41 Å². The molecular formula is C22H28OSi. The molecule has 0 saturated carbocycles. The minimum Gasteiger partial charge on any atom is -0.541 e. The Morgan fingerprint density at radius 1 is 0.875 bits per heavy atom. The molecule has 0 fully saturated rings. The van der Waals surface area contributed by atoms with Crippen molar-refractivity contribution in [3.63, 3.8) is 0 Å². The van der Waals surface area contributed by atoms with Gasteiger partial charge in [-0.15, -0.1) is 0 Å². The Bertz CT molecular complexity index is 631. The molecule has 0 spiro atoms. The topological polar surface area (TPSA) is 9.23 Å². The van der Waals surface area contributed by atoms with E-state index in [1.165, 1.54) is 22.6 Å². The van der Waals surface area contributed by atoms with Gasteiger partial charge in [0.05, 0.1) is 5.76 Å². The SMILES string of the molecule is CC(C)(C)C1CC=C(O[SiH](c2ccccc2)c2ccccc2)CC1. The van der Waals surface area contributed by atoms with Crippen molar-refractivity contribution in [1.82, 2.24) is 0 Å². The van der Waals surface area contributed by atoms with Gasteiger partial charge < -0.3 is 4.43 Å². The highest BCUT2D eigenvalue weighted by molar-refractivity contribution is 6.80. The van der Waals surface area contributed by atoms with Gasteiger partial charge in [-0.25, -0.2) is 0 Å². The Kier molecular flexibility index (Phi) is 5.25. The lowest BCUT2D eigenvalue weighted by molar-refractivity contribution is 0.207. The average Bonchev–Trinajstić information content (AvgIpc) is 2.61. The highest BCUT2D eigenvalue weighted by Gasteiger charge is 2.28. The molecule has 0 heterocycles. The number of allylic oxidation sites excluding steroid dienone is 2. The Morgan fingerprint density at radius 3 is 1.83 bits per heavy atom. The van der Waals surface area contributed by atoms with Gasteiger partial charge in [0.25, 0.3) is 9.04 Å². The zero-order chi connectivity index (χ0) is 17.0. The molecule has 1 unspecified atom stereocenters. The zero-order valence-corrected chi connectivity index (χ0v) is 16.2. The van der Waals surface area contributed by atoms with E-state index in [9.17, 15) is 0 Å². The first-order valence-electron chi connectivity index (χ1n) is 8.99. The molecule has 1 nitrogen and oxygen atoms in total. The normalized spacial score (nSPS) is 18.3. The lowest BCUT2D eigenvalue weighted by atomic mass is 9.74. The predicted molar refractivity (Wildman–Crippen MR) is 105 cm³/mol. The summed E-state index contributed by atoms with van der Waals surface area (Å²) in [6, 6.07) is 21.5. The maximum absolute atomic E-state index is 6.62. The van der Waals surface area contributed by atoms with Gasteiger partial charge >= 0.3 is 0 Å². The summed E-state index contributed by atoms with van der Waals surface area (Å²) in [6.45, 7) is 7.05. The van der Waals surface area contributed by atoms with E-state index in [1.807, 2.05) is 0 Å². The van der Waals surface area contributed by atoms with E-state index in [0.717, 1.165) is 18.8 Å². The summed E-state index contributed by atoms with van der Waals surface area (Å²) in [6.07, 6.45) is 5.81. The highest BCUT2D eigenvalue weighted by atomic mass is 28.3. The van der Waals surface area contributed by atoms with E-state index >= 15 is 0 Å². The maximum Gasteiger partial charge on any atom is 0.298 e. The lowest BCUT2D eigenvalue weighted by Crippen LogP contribution is -2.44. The lowest BCUT2D eigenvalue weighted by Gasteiger charge is -2.34. The molecule has 0 amide bonds. The second-order valence-electron chi connectivity index (χ2n) is 7.83. The van der Waals surface area contributed by atoms with Crippen molar-refractivity contribution in [3.8, 4) is 0 Å². The Balaban J connectivity index is 1.80. The minimum atomic E-state index is -1.65.